The predicted molar refractivity (Wildman–Crippen MR) is 121 cm³/mol. The van der Waals surface area contributed by atoms with E-state index in [1.165, 1.54) is 0 Å². The minimum atomic E-state index is -0.737. The summed E-state index contributed by atoms with van der Waals surface area (Å²) in [5, 5.41) is 0. The van der Waals surface area contributed by atoms with Crippen molar-refractivity contribution in [3.8, 4) is 0 Å². The lowest BCUT2D eigenvalue weighted by atomic mass is 9.84. The first kappa shape index (κ1) is 21.6. The number of ether oxygens (including phenoxy) is 2. The highest BCUT2D eigenvalue weighted by atomic mass is 16.6. The summed E-state index contributed by atoms with van der Waals surface area (Å²) >= 11 is 0. The van der Waals surface area contributed by atoms with Crippen LogP contribution in [0.5, 0.6) is 0 Å². The Labute approximate surface area is 185 Å². The summed E-state index contributed by atoms with van der Waals surface area (Å²) in [6.07, 6.45) is 16.8. The Bertz CT molecular complexity index is 926. The van der Waals surface area contributed by atoms with Gasteiger partial charge >= 0.3 is 11.9 Å². The van der Waals surface area contributed by atoms with E-state index in [4.69, 9.17) is 9.47 Å². The topological polar surface area (TPSA) is 52.6 Å². The van der Waals surface area contributed by atoms with Gasteiger partial charge in [-0.15, -0.1) is 0 Å². The van der Waals surface area contributed by atoms with Crippen molar-refractivity contribution in [3.05, 3.63) is 70.9 Å². The molecule has 4 aliphatic carbocycles. The molecule has 0 spiro atoms. The average Bonchev–Trinajstić information content (AvgIpc) is 3.30. The van der Waals surface area contributed by atoms with Crippen LogP contribution in [-0.4, -0.2) is 23.1 Å². The minimum Gasteiger partial charge on any atom is -0.451 e. The summed E-state index contributed by atoms with van der Waals surface area (Å²) in [4.78, 5) is 26.7. The SMILES string of the molecule is CC1=CC(C)C(C)(OC(=O)C2=C(C(=O)OC3(C)C=CC(C)=CC3C)C3C=CC2C3)C=C1. The van der Waals surface area contributed by atoms with Gasteiger partial charge < -0.3 is 9.47 Å². The van der Waals surface area contributed by atoms with Crippen molar-refractivity contribution in [2.45, 2.75) is 59.2 Å². The fourth-order valence-corrected chi connectivity index (χ4v) is 4.94. The number of hydrogen-bond acceptors (Lipinski definition) is 4. The van der Waals surface area contributed by atoms with E-state index in [1.54, 1.807) is 0 Å². The Morgan fingerprint density at radius 3 is 1.55 bits per heavy atom. The largest absolute Gasteiger partial charge is 0.451 e. The van der Waals surface area contributed by atoms with Gasteiger partial charge in [-0.2, -0.15) is 0 Å². The maximum absolute atomic E-state index is 13.3. The molecule has 0 aliphatic heterocycles. The molecule has 0 N–H and O–H groups in total. The summed E-state index contributed by atoms with van der Waals surface area (Å²) in [6, 6.07) is 0. The monoisotopic (exact) mass is 420 g/mol. The molecular weight excluding hydrogens is 388 g/mol. The van der Waals surface area contributed by atoms with Crippen LogP contribution >= 0.6 is 0 Å². The fraction of sp³-hybridized carbons (Fsp3) is 0.481. The molecule has 4 heteroatoms. The molecule has 4 rings (SSSR count). The molecule has 6 unspecified atom stereocenters. The molecule has 0 radical (unpaired) electrons. The number of allylic oxidation sites excluding steroid dienone is 6. The Morgan fingerprint density at radius 1 is 0.806 bits per heavy atom. The molecule has 0 heterocycles. The fourth-order valence-electron chi connectivity index (χ4n) is 4.94. The molecule has 6 atom stereocenters. The molecule has 0 aromatic rings. The zero-order valence-corrected chi connectivity index (χ0v) is 19.3. The van der Waals surface area contributed by atoms with Gasteiger partial charge in [0.1, 0.15) is 11.2 Å². The third-order valence-electron chi connectivity index (χ3n) is 7.37. The van der Waals surface area contributed by atoms with Crippen molar-refractivity contribution in [3.63, 3.8) is 0 Å². The number of carbonyl (C=O) groups is 2. The van der Waals surface area contributed by atoms with E-state index in [0.29, 0.717) is 11.1 Å². The number of hydrogen-bond donors (Lipinski definition) is 0. The second-order valence-electron chi connectivity index (χ2n) is 9.87. The van der Waals surface area contributed by atoms with Gasteiger partial charge in [0.05, 0.1) is 11.1 Å². The lowest BCUT2D eigenvalue weighted by Crippen LogP contribution is -2.39. The molecule has 164 valence electrons. The van der Waals surface area contributed by atoms with Crippen molar-refractivity contribution >= 4 is 11.9 Å². The van der Waals surface area contributed by atoms with Crippen LogP contribution < -0.4 is 0 Å². The van der Waals surface area contributed by atoms with Crippen molar-refractivity contribution in [2.75, 3.05) is 0 Å². The molecular formula is C27H32O4. The number of carbonyl (C=O) groups excluding carboxylic acids is 2. The van der Waals surface area contributed by atoms with E-state index in [9.17, 15) is 9.59 Å². The van der Waals surface area contributed by atoms with E-state index < -0.39 is 23.1 Å². The van der Waals surface area contributed by atoms with Gasteiger partial charge in [0.15, 0.2) is 0 Å². The molecule has 0 fully saturated rings. The van der Waals surface area contributed by atoms with E-state index in [1.807, 2.05) is 78.0 Å². The van der Waals surface area contributed by atoms with Gasteiger partial charge in [-0.1, -0.05) is 61.4 Å². The summed E-state index contributed by atoms with van der Waals surface area (Å²) in [6.45, 7) is 12.0. The molecule has 4 nitrogen and oxygen atoms in total. The van der Waals surface area contributed by atoms with Crippen LogP contribution in [0.2, 0.25) is 0 Å². The maximum atomic E-state index is 13.3. The van der Waals surface area contributed by atoms with Crippen LogP contribution in [0.1, 0.15) is 48.0 Å². The second-order valence-corrected chi connectivity index (χ2v) is 9.87. The van der Waals surface area contributed by atoms with Crippen molar-refractivity contribution < 1.29 is 19.1 Å². The lowest BCUT2D eigenvalue weighted by molar-refractivity contribution is -0.155. The molecule has 2 bridgehead atoms. The minimum absolute atomic E-state index is 0.0498. The standard InChI is InChI=1S/C27H32O4/c1-16-9-11-26(5,18(3)13-16)30-24(28)22-20-7-8-21(15-20)23(22)25(29)31-27(6)12-10-17(2)14-19(27)4/h7-14,18-21H,15H2,1-6H3. The number of fused-ring (bicyclic) bond motifs is 2. The van der Waals surface area contributed by atoms with Crippen LogP contribution in [0.15, 0.2) is 70.9 Å². The Kier molecular flexibility index (Phi) is 5.23. The van der Waals surface area contributed by atoms with Crippen LogP contribution in [0.25, 0.3) is 0 Å². The van der Waals surface area contributed by atoms with E-state index in [2.05, 4.69) is 12.2 Å². The summed E-state index contributed by atoms with van der Waals surface area (Å²) in [5.41, 5.74) is 1.76. The first-order valence-corrected chi connectivity index (χ1v) is 11.2. The maximum Gasteiger partial charge on any atom is 0.336 e. The molecule has 0 aromatic carbocycles. The van der Waals surface area contributed by atoms with Gasteiger partial charge in [0, 0.05) is 23.7 Å². The summed E-state index contributed by atoms with van der Waals surface area (Å²) in [5.74, 6) is -0.897. The average molecular weight is 421 g/mol. The van der Waals surface area contributed by atoms with Gasteiger partial charge in [0.25, 0.3) is 0 Å². The third-order valence-corrected chi connectivity index (χ3v) is 7.37. The summed E-state index contributed by atoms with van der Waals surface area (Å²) < 4.78 is 12.0. The molecule has 0 saturated heterocycles. The van der Waals surface area contributed by atoms with Gasteiger partial charge in [-0.05, 0) is 46.3 Å². The molecule has 4 aliphatic rings. The van der Waals surface area contributed by atoms with Crippen molar-refractivity contribution in [1.82, 2.24) is 0 Å². The third kappa shape index (κ3) is 3.77. The first-order valence-electron chi connectivity index (χ1n) is 11.2. The van der Waals surface area contributed by atoms with Gasteiger partial charge in [-0.25, -0.2) is 9.59 Å². The second kappa shape index (κ2) is 7.51. The Morgan fingerprint density at radius 2 is 1.19 bits per heavy atom. The smallest absolute Gasteiger partial charge is 0.336 e. The zero-order chi connectivity index (χ0) is 22.6. The highest BCUT2D eigenvalue weighted by Crippen LogP contribution is 2.46. The highest BCUT2D eigenvalue weighted by molar-refractivity contribution is 6.03. The Balaban J connectivity index is 1.59. The normalized spacial score (nSPS) is 38.3. The van der Waals surface area contributed by atoms with Crippen LogP contribution in [0.4, 0.5) is 0 Å². The number of esters is 2. The van der Waals surface area contributed by atoms with Crippen LogP contribution in [-0.2, 0) is 19.1 Å². The number of rotatable bonds is 4. The molecule has 0 amide bonds. The van der Waals surface area contributed by atoms with E-state index in [0.717, 1.165) is 17.6 Å². The van der Waals surface area contributed by atoms with Gasteiger partial charge in [-0.3, -0.25) is 0 Å². The van der Waals surface area contributed by atoms with E-state index in [-0.39, 0.29) is 23.7 Å². The molecule has 0 saturated carbocycles. The summed E-state index contributed by atoms with van der Waals surface area (Å²) in [7, 11) is 0. The Hall–Kier alpha value is -2.62. The predicted octanol–water partition coefficient (Wildman–Crippen LogP) is 5.40. The van der Waals surface area contributed by atoms with Crippen molar-refractivity contribution in [2.24, 2.45) is 23.7 Å². The zero-order valence-electron chi connectivity index (χ0n) is 19.3. The first-order chi connectivity index (χ1) is 14.5. The van der Waals surface area contributed by atoms with Crippen LogP contribution in [0.3, 0.4) is 0 Å². The lowest BCUT2D eigenvalue weighted by Gasteiger charge is -2.35. The van der Waals surface area contributed by atoms with Crippen molar-refractivity contribution in [1.29, 1.82) is 0 Å². The quantitative estimate of drug-likeness (QED) is 0.452. The van der Waals surface area contributed by atoms with E-state index >= 15 is 0 Å². The van der Waals surface area contributed by atoms with Crippen LogP contribution in [0, 0.1) is 23.7 Å². The highest BCUT2D eigenvalue weighted by Gasteiger charge is 2.46. The van der Waals surface area contributed by atoms with Gasteiger partial charge in [0.2, 0.25) is 0 Å². The molecule has 31 heavy (non-hydrogen) atoms. The molecule has 0 aromatic heterocycles.